The Morgan fingerprint density at radius 3 is 2.86 bits per heavy atom. The average molecular weight is 310 g/mol. The fourth-order valence-corrected chi connectivity index (χ4v) is 4.08. The number of β-lactam (4-membered cyclic amide) rings is 1. The van der Waals surface area contributed by atoms with Gasteiger partial charge in [0.15, 0.2) is 5.70 Å². The fourth-order valence-electron chi connectivity index (χ4n) is 2.53. The Bertz CT molecular complexity index is 653. The van der Waals surface area contributed by atoms with Crippen molar-refractivity contribution in [3.63, 3.8) is 0 Å². The molecular weight excluding hydrogens is 296 g/mol. The van der Waals surface area contributed by atoms with Crippen LogP contribution in [0, 0.1) is 5.92 Å². The largest absolute Gasteiger partial charge is 0.476 e. The standard InChI is InChI=1S/C12H14N4O4S/c1-5(17)7-9(18)16-8(12(19)20)11(21-10(7)16)15-3-6(2-13)14-4-15/h3-5,7,10,17H,2,13H2,1H3,(H,19,20)/t5-,7+,10-/m1/s1. The van der Waals surface area contributed by atoms with Crippen molar-refractivity contribution >= 4 is 28.7 Å². The lowest BCUT2D eigenvalue weighted by Crippen LogP contribution is -2.60. The summed E-state index contributed by atoms with van der Waals surface area (Å²) in [7, 11) is 0. The van der Waals surface area contributed by atoms with Crippen molar-refractivity contribution in [1.82, 2.24) is 14.5 Å². The first-order chi connectivity index (χ1) is 9.95. The molecule has 0 spiro atoms. The third-order valence-electron chi connectivity index (χ3n) is 3.56. The van der Waals surface area contributed by atoms with Crippen molar-refractivity contribution < 1.29 is 19.8 Å². The van der Waals surface area contributed by atoms with Crippen LogP contribution in [0.15, 0.2) is 18.2 Å². The van der Waals surface area contributed by atoms with Gasteiger partial charge in [0.1, 0.15) is 10.4 Å². The molecule has 4 N–H and O–H groups in total. The number of carboxylic acids is 1. The molecule has 21 heavy (non-hydrogen) atoms. The molecule has 1 saturated heterocycles. The number of aliphatic carboxylic acids is 1. The SMILES string of the molecule is C[C@@H](O)[C@H]1C(=O)N2C(C(=O)O)=C(n3cnc(CN)c3)S[C@H]12. The molecular formula is C12H14N4O4S. The Balaban J connectivity index is 2.00. The summed E-state index contributed by atoms with van der Waals surface area (Å²) < 4.78 is 1.56. The molecule has 0 bridgehead atoms. The van der Waals surface area contributed by atoms with E-state index in [9.17, 15) is 19.8 Å². The molecule has 0 aliphatic carbocycles. The minimum atomic E-state index is -1.18. The third kappa shape index (κ3) is 1.96. The monoisotopic (exact) mass is 310 g/mol. The number of hydrogen-bond acceptors (Lipinski definition) is 6. The van der Waals surface area contributed by atoms with Crippen molar-refractivity contribution in [2.75, 3.05) is 0 Å². The Kier molecular flexibility index (Phi) is 3.27. The van der Waals surface area contributed by atoms with Gasteiger partial charge in [0.25, 0.3) is 0 Å². The summed E-state index contributed by atoms with van der Waals surface area (Å²) in [6, 6.07) is 0. The molecule has 1 amide bonds. The van der Waals surface area contributed by atoms with Gasteiger partial charge in [0.2, 0.25) is 5.91 Å². The van der Waals surface area contributed by atoms with Gasteiger partial charge in [-0.15, -0.1) is 0 Å². The van der Waals surface area contributed by atoms with E-state index in [4.69, 9.17) is 5.73 Å². The van der Waals surface area contributed by atoms with Gasteiger partial charge in [-0.2, -0.15) is 0 Å². The maximum Gasteiger partial charge on any atom is 0.355 e. The lowest BCUT2D eigenvalue weighted by Gasteiger charge is -2.43. The quantitative estimate of drug-likeness (QED) is 0.639. The molecule has 3 heterocycles. The van der Waals surface area contributed by atoms with Crippen LogP contribution in [0.1, 0.15) is 12.6 Å². The molecule has 3 rings (SSSR count). The number of amides is 1. The zero-order valence-corrected chi connectivity index (χ0v) is 11.9. The summed E-state index contributed by atoms with van der Waals surface area (Å²) in [5, 5.41) is 19.1. The van der Waals surface area contributed by atoms with E-state index < -0.39 is 18.0 Å². The van der Waals surface area contributed by atoms with Crippen LogP contribution in [-0.4, -0.2) is 48.0 Å². The van der Waals surface area contributed by atoms with Gasteiger partial charge in [-0.05, 0) is 6.92 Å². The third-order valence-corrected chi connectivity index (χ3v) is 4.94. The van der Waals surface area contributed by atoms with Crippen LogP contribution in [0.2, 0.25) is 0 Å². The van der Waals surface area contributed by atoms with Crippen molar-refractivity contribution in [2.24, 2.45) is 11.7 Å². The van der Waals surface area contributed by atoms with Crippen LogP contribution >= 0.6 is 11.8 Å². The molecule has 0 saturated carbocycles. The number of aliphatic hydroxyl groups is 1. The number of hydrogen-bond donors (Lipinski definition) is 3. The second-order valence-electron chi connectivity index (χ2n) is 4.92. The number of aliphatic hydroxyl groups excluding tert-OH is 1. The minimum absolute atomic E-state index is 0.0760. The first-order valence-electron chi connectivity index (χ1n) is 6.34. The van der Waals surface area contributed by atoms with Crippen LogP contribution < -0.4 is 5.73 Å². The normalized spacial score (nSPS) is 25.9. The molecule has 3 atom stereocenters. The molecule has 0 aromatic carbocycles. The lowest BCUT2D eigenvalue weighted by atomic mass is 9.92. The van der Waals surface area contributed by atoms with Gasteiger partial charge >= 0.3 is 5.97 Å². The fraction of sp³-hybridized carbons (Fsp3) is 0.417. The van der Waals surface area contributed by atoms with E-state index >= 15 is 0 Å². The smallest absolute Gasteiger partial charge is 0.355 e. The number of fused-ring (bicyclic) bond motifs is 1. The van der Waals surface area contributed by atoms with Gasteiger partial charge in [-0.3, -0.25) is 14.3 Å². The van der Waals surface area contributed by atoms with E-state index in [1.54, 1.807) is 10.8 Å². The second-order valence-corrected chi connectivity index (χ2v) is 6.02. The van der Waals surface area contributed by atoms with Crippen LogP contribution in [-0.2, 0) is 16.1 Å². The first-order valence-corrected chi connectivity index (χ1v) is 7.22. The topological polar surface area (TPSA) is 122 Å². The van der Waals surface area contributed by atoms with E-state index in [1.165, 1.54) is 29.9 Å². The molecule has 112 valence electrons. The molecule has 8 nitrogen and oxygen atoms in total. The molecule has 1 aromatic rings. The summed E-state index contributed by atoms with van der Waals surface area (Å²) in [5.74, 6) is -2.13. The van der Waals surface area contributed by atoms with E-state index in [0.29, 0.717) is 10.7 Å². The highest BCUT2D eigenvalue weighted by molar-refractivity contribution is 8.08. The highest BCUT2D eigenvalue weighted by atomic mass is 32.2. The van der Waals surface area contributed by atoms with E-state index in [2.05, 4.69) is 4.98 Å². The highest BCUT2D eigenvalue weighted by Crippen LogP contribution is 2.51. The minimum Gasteiger partial charge on any atom is -0.476 e. The lowest BCUT2D eigenvalue weighted by molar-refractivity contribution is -0.156. The number of imidazole rings is 1. The zero-order valence-electron chi connectivity index (χ0n) is 11.1. The van der Waals surface area contributed by atoms with Gasteiger partial charge in [0.05, 0.1) is 24.0 Å². The van der Waals surface area contributed by atoms with E-state index in [-0.39, 0.29) is 23.5 Å². The van der Waals surface area contributed by atoms with Crippen molar-refractivity contribution in [1.29, 1.82) is 0 Å². The van der Waals surface area contributed by atoms with Crippen LogP contribution in [0.4, 0.5) is 0 Å². The number of carbonyl (C=O) groups is 2. The number of aromatic nitrogens is 2. The van der Waals surface area contributed by atoms with E-state index in [1.807, 2.05) is 0 Å². The predicted octanol–water partition coefficient (Wildman–Crippen LogP) is -0.535. The summed E-state index contributed by atoms with van der Waals surface area (Å²) in [4.78, 5) is 28.8. The molecule has 2 aliphatic heterocycles. The number of nitrogens with zero attached hydrogens (tertiary/aromatic N) is 3. The molecule has 0 radical (unpaired) electrons. The molecule has 1 fully saturated rings. The summed E-state index contributed by atoms with van der Waals surface area (Å²) in [6.07, 6.45) is 2.29. The second kappa shape index (κ2) is 4.86. The van der Waals surface area contributed by atoms with Gasteiger partial charge in [-0.1, -0.05) is 11.8 Å². The zero-order chi connectivity index (χ0) is 15.3. The average Bonchev–Trinajstić information content (AvgIpc) is 2.99. The van der Waals surface area contributed by atoms with Gasteiger partial charge < -0.3 is 15.9 Å². The summed E-state index contributed by atoms with van der Waals surface area (Å²) >= 11 is 1.24. The Morgan fingerprint density at radius 1 is 1.62 bits per heavy atom. The van der Waals surface area contributed by atoms with Gasteiger partial charge in [0, 0.05) is 12.7 Å². The number of carbonyl (C=O) groups excluding carboxylic acids is 1. The number of carboxylic acid groups (broad SMARTS) is 1. The van der Waals surface area contributed by atoms with Crippen molar-refractivity contribution in [3.05, 3.63) is 23.9 Å². The van der Waals surface area contributed by atoms with Crippen molar-refractivity contribution in [2.45, 2.75) is 24.9 Å². The maximum atomic E-state index is 12.0. The van der Waals surface area contributed by atoms with Gasteiger partial charge in [-0.25, -0.2) is 9.78 Å². The molecule has 1 aromatic heterocycles. The number of thioether (sulfide) groups is 1. The van der Waals surface area contributed by atoms with Crippen LogP contribution in [0.25, 0.3) is 5.03 Å². The maximum absolute atomic E-state index is 12.0. The van der Waals surface area contributed by atoms with Crippen LogP contribution in [0.5, 0.6) is 0 Å². The summed E-state index contributed by atoms with van der Waals surface area (Å²) in [5.41, 5.74) is 6.04. The first kappa shape index (κ1) is 14.1. The number of rotatable bonds is 4. The van der Waals surface area contributed by atoms with Crippen molar-refractivity contribution in [3.8, 4) is 0 Å². The Hall–Kier alpha value is -1.84. The predicted molar refractivity (Wildman–Crippen MR) is 74.4 cm³/mol. The highest BCUT2D eigenvalue weighted by Gasteiger charge is 2.58. The number of nitrogens with two attached hydrogens (primary N) is 1. The molecule has 0 unspecified atom stereocenters. The van der Waals surface area contributed by atoms with Crippen LogP contribution in [0.3, 0.4) is 0 Å². The summed E-state index contributed by atoms with van der Waals surface area (Å²) in [6.45, 7) is 1.78. The Labute approximate surface area is 124 Å². The molecule has 2 aliphatic rings. The molecule has 9 heteroatoms. The Morgan fingerprint density at radius 2 is 2.33 bits per heavy atom. The van der Waals surface area contributed by atoms with E-state index in [0.717, 1.165) is 0 Å².